The van der Waals surface area contributed by atoms with Crippen LogP contribution in [-0.2, 0) is 4.84 Å². The van der Waals surface area contributed by atoms with Crippen molar-refractivity contribution in [3.63, 3.8) is 0 Å². The summed E-state index contributed by atoms with van der Waals surface area (Å²) >= 11 is 0. The number of fused-ring (bicyclic) bond motifs is 5. The highest BCUT2D eigenvalue weighted by Crippen LogP contribution is 2.65. The van der Waals surface area contributed by atoms with Gasteiger partial charge in [-0.15, -0.1) is 6.42 Å². The molecule has 0 saturated heterocycles. The number of hydrogen-bond donors (Lipinski definition) is 1. The predicted octanol–water partition coefficient (Wildman–Crippen LogP) is 4.01. The zero-order valence-electron chi connectivity index (χ0n) is 15.1. The maximum absolute atomic E-state index is 11.0. The van der Waals surface area contributed by atoms with Gasteiger partial charge >= 0.3 is 0 Å². The number of rotatable bonds is 1. The maximum atomic E-state index is 11.0. The second kappa shape index (κ2) is 5.77. The lowest BCUT2D eigenvalue weighted by Crippen LogP contribution is -2.53. The van der Waals surface area contributed by atoms with Crippen molar-refractivity contribution < 1.29 is 9.94 Å². The fourth-order valence-electron chi connectivity index (χ4n) is 7.14. The van der Waals surface area contributed by atoms with Crippen molar-refractivity contribution >= 4 is 5.71 Å². The van der Waals surface area contributed by atoms with Gasteiger partial charge in [0.25, 0.3) is 0 Å². The zero-order chi connectivity index (χ0) is 16.9. The molecule has 0 unspecified atom stereocenters. The van der Waals surface area contributed by atoms with Gasteiger partial charge in [-0.2, -0.15) is 0 Å². The van der Waals surface area contributed by atoms with E-state index in [9.17, 15) is 5.11 Å². The van der Waals surface area contributed by atoms with Crippen molar-refractivity contribution in [3.05, 3.63) is 0 Å². The third-order valence-corrected chi connectivity index (χ3v) is 8.39. The minimum absolute atomic E-state index is 0.0624. The Balaban J connectivity index is 1.55. The minimum Gasteiger partial charge on any atom is -0.399 e. The molecule has 3 nitrogen and oxygen atoms in total. The molecule has 4 aliphatic rings. The Bertz CT molecular complexity index is 579. The van der Waals surface area contributed by atoms with Crippen LogP contribution in [0.4, 0.5) is 0 Å². The molecule has 0 bridgehead atoms. The van der Waals surface area contributed by atoms with E-state index in [1.165, 1.54) is 31.4 Å². The molecular weight excluding hydrogens is 298 g/mol. The number of terminal acetylenes is 1. The minimum atomic E-state index is -0.871. The summed E-state index contributed by atoms with van der Waals surface area (Å²) in [4.78, 5) is 5.01. The molecule has 132 valence electrons. The fourth-order valence-corrected chi connectivity index (χ4v) is 7.14. The average Bonchev–Trinajstić information content (AvgIpc) is 2.87. The summed E-state index contributed by atoms with van der Waals surface area (Å²) in [5.74, 6) is 6.65. The van der Waals surface area contributed by atoms with Crippen LogP contribution in [0.5, 0.6) is 0 Å². The summed E-state index contributed by atoms with van der Waals surface area (Å²) < 4.78 is 0. The first-order valence-electron chi connectivity index (χ1n) is 9.81. The molecule has 4 aliphatic carbocycles. The molecule has 0 aromatic heterocycles. The molecule has 0 aromatic carbocycles. The van der Waals surface area contributed by atoms with E-state index >= 15 is 0 Å². The van der Waals surface area contributed by atoms with E-state index in [4.69, 9.17) is 11.3 Å². The van der Waals surface area contributed by atoms with E-state index in [-0.39, 0.29) is 5.41 Å². The molecule has 7 atom stereocenters. The Morgan fingerprint density at radius 3 is 2.71 bits per heavy atom. The van der Waals surface area contributed by atoms with E-state index in [0.717, 1.165) is 55.8 Å². The molecule has 0 heterocycles. The summed E-state index contributed by atoms with van der Waals surface area (Å²) in [5.41, 5.74) is 0.331. The van der Waals surface area contributed by atoms with Gasteiger partial charge in [0.15, 0.2) is 0 Å². The Labute approximate surface area is 146 Å². The van der Waals surface area contributed by atoms with Crippen molar-refractivity contribution in [1.29, 1.82) is 0 Å². The van der Waals surface area contributed by atoms with Gasteiger partial charge in [-0.3, -0.25) is 0 Å². The molecule has 0 amide bonds. The van der Waals surface area contributed by atoms with Crippen molar-refractivity contribution in [2.75, 3.05) is 7.11 Å². The van der Waals surface area contributed by atoms with Gasteiger partial charge in [-0.05, 0) is 87.4 Å². The van der Waals surface area contributed by atoms with E-state index in [1.54, 1.807) is 7.11 Å². The lowest BCUT2D eigenvalue weighted by Gasteiger charge is -2.56. The summed E-state index contributed by atoms with van der Waals surface area (Å²) in [7, 11) is 1.66. The SMILES string of the molecule is C#C[C@]1(O)CC[C@H]2[C@@H]3CC[C@@H]4C/C(=N/OC)CC[C@@H]4[C@H]3CC[C@@]21C. The van der Waals surface area contributed by atoms with E-state index < -0.39 is 5.60 Å². The predicted molar refractivity (Wildman–Crippen MR) is 95.3 cm³/mol. The molecule has 24 heavy (non-hydrogen) atoms. The summed E-state index contributed by atoms with van der Waals surface area (Å²) in [6.45, 7) is 2.27. The largest absolute Gasteiger partial charge is 0.399 e. The smallest absolute Gasteiger partial charge is 0.130 e. The molecule has 0 spiro atoms. The van der Waals surface area contributed by atoms with Gasteiger partial charge in [0.05, 0.1) is 5.71 Å². The molecule has 4 saturated carbocycles. The molecule has 0 aromatic rings. The van der Waals surface area contributed by atoms with Gasteiger partial charge in [0.2, 0.25) is 0 Å². The van der Waals surface area contributed by atoms with Crippen LogP contribution in [0.2, 0.25) is 0 Å². The van der Waals surface area contributed by atoms with Crippen molar-refractivity contribution in [2.24, 2.45) is 40.2 Å². The zero-order valence-corrected chi connectivity index (χ0v) is 15.1. The fraction of sp³-hybridized carbons (Fsp3) is 0.857. The van der Waals surface area contributed by atoms with Gasteiger partial charge < -0.3 is 9.94 Å². The first-order valence-corrected chi connectivity index (χ1v) is 9.81. The molecule has 1 N–H and O–H groups in total. The first kappa shape index (κ1) is 16.5. The Kier molecular flexibility index (Phi) is 3.95. The summed E-state index contributed by atoms with van der Waals surface area (Å²) in [6.07, 6.45) is 16.2. The quantitative estimate of drug-likeness (QED) is 0.583. The Morgan fingerprint density at radius 2 is 1.96 bits per heavy atom. The van der Waals surface area contributed by atoms with E-state index in [1.807, 2.05) is 0 Å². The molecular formula is C21H31NO2. The van der Waals surface area contributed by atoms with Gasteiger partial charge in [-0.1, -0.05) is 18.0 Å². The molecule has 4 fully saturated rings. The molecule has 4 rings (SSSR count). The monoisotopic (exact) mass is 329 g/mol. The van der Waals surface area contributed by atoms with E-state index in [2.05, 4.69) is 18.0 Å². The Morgan fingerprint density at radius 1 is 1.12 bits per heavy atom. The van der Waals surface area contributed by atoms with Crippen LogP contribution in [0.25, 0.3) is 0 Å². The van der Waals surface area contributed by atoms with Crippen LogP contribution in [-0.4, -0.2) is 23.5 Å². The second-order valence-corrected chi connectivity index (χ2v) is 9.02. The van der Waals surface area contributed by atoms with Crippen molar-refractivity contribution in [2.45, 2.75) is 70.3 Å². The van der Waals surface area contributed by atoms with Gasteiger partial charge in [-0.25, -0.2) is 0 Å². The third kappa shape index (κ3) is 2.18. The lowest BCUT2D eigenvalue weighted by atomic mass is 9.49. The standard InChI is InChI=1S/C21H31NO2/c1-4-21(23)12-10-19-18-7-5-14-13-15(22-24-3)6-8-16(14)17(18)9-11-20(19,21)2/h1,14,16-19,23H,5-13H2,2-3H3/b22-15+/t14-,16+,17-,18-,19+,20+,21+/m1/s1. The molecule has 3 heteroatoms. The number of aliphatic hydroxyl groups is 1. The molecule has 0 aliphatic heterocycles. The van der Waals surface area contributed by atoms with Crippen LogP contribution in [0.3, 0.4) is 0 Å². The Hall–Kier alpha value is -1.01. The maximum Gasteiger partial charge on any atom is 0.130 e. The summed E-state index contributed by atoms with van der Waals surface area (Å²) in [5, 5.41) is 15.2. The van der Waals surface area contributed by atoms with Crippen molar-refractivity contribution in [1.82, 2.24) is 0 Å². The third-order valence-electron chi connectivity index (χ3n) is 8.39. The first-order chi connectivity index (χ1) is 11.5. The normalized spacial score (nSPS) is 52.1. The van der Waals surface area contributed by atoms with Crippen LogP contribution in [0, 0.1) is 47.3 Å². The van der Waals surface area contributed by atoms with Crippen LogP contribution >= 0.6 is 0 Å². The van der Waals surface area contributed by atoms with Crippen LogP contribution in [0.15, 0.2) is 5.16 Å². The second-order valence-electron chi connectivity index (χ2n) is 9.02. The van der Waals surface area contributed by atoms with E-state index in [0.29, 0.717) is 5.92 Å². The highest BCUT2D eigenvalue weighted by molar-refractivity contribution is 5.85. The van der Waals surface area contributed by atoms with Gasteiger partial charge in [0, 0.05) is 5.41 Å². The highest BCUT2D eigenvalue weighted by Gasteiger charge is 2.62. The lowest BCUT2D eigenvalue weighted by molar-refractivity contribution is -0.101. The highest BCUT2D eigenvalue weighted by atomic mass is 16.6. The van der Waals surface area contributed by atoms with Crippen LogP contribution in [0.1, 0.15) is 64.7 Å². The van der Waals surface area contributed by atoms with Crippen molar-refractivity contribution in [3.8, 4) is 12.3 Å². The number of hydrogen-bond acceptors (Lipinski definition) is 3. The van der Waals surface area contributed by atoms with Gasteiger partial charge in [0.1, 0.15) is 12.7 Å². The summed E-state index contributed by atoms with van der Waals surface area (Å²) in [6, 6.07) is 0. The molecule has 0 radical (unpaired) electrons. The average molecular weight is 329 g/mol. The topological polar surface area (TPSA) is 41.8 Å². The number of nitrogens with zero attached hydrogens (tertiary/aromatic N) is 1. The van der Waals surface area contributed by atoms with Crippen LogP contribution < -0.4 is 0 Å². The number of oxime groups is 1.